The van der Waals surface area contributed by atoms with Crippen molar-refractivity contribution in [1.29, 1.82) is 0 Å². The summed E-state index contributed by atoms with van der Waals surface area (Å²) in [6, 6.07) is 15.7. The van der Waals surface area contributed by atoms with Crippen LogP contribution in [0.25, 0.3) is 10.9 Å². The number of ether oxygens (including phenoxy) is 1. The largest absolute Gasteiger partial charge is 0.497 e. The van der Waals surface area contributed by atoms with Gasteiger partial charge >= 0.3 is 0 Å². The number of para-hydroxylation sites is 1. The molecule has 0 aliphatic carbocycles. The summed E-state index contributed by atoms with van der Waals surface area (Å²) in [5, 5.41) is 0.741. The number of amides is 1. The van der Waals surface area contributed by atoms with E-state index < -0.39 is 0 Å². The quantitative estimate of drug-likeness (QED) is 0.703. The first-order chi connectivity index (χ1) is 13.6. The molecule has 28 heavy (non-hydrogen) atoms. The van der Waals surface area contributed by atoms with Crippen LogP contribution in [0.1, 0.15) is 22.1 Å². The van der Waals surface area contributed by atoms with Crippen molar-refractivity contribution in [2.75, 3.05) is 38.2 Å². The van der Waals surface area contributed by atoms with E-state index in [4.69, 9.17) is 4.74 Å². The Kier molecular flexibility index (Phi) is 4.77. The van der Waals surface area contributed by atoms with Crippen LogP contribution < -0.4 is 9.64 Å². The van der Waals surface area contributed by atoms with E-state index in [1.165, 1.54) is 17.2 Å². The number of piperazine rings is 1. The molecule has 6 nitrogen and oxygen atoms in total. The molecule has 1 fully saturated rings. The zero-order valence-electron chi connectivity index (χ0n) is 16.1. The van der Waals surface area contributed by atoms with E-state index in [-0.39, 0.29) is 11.8 Å². The highest BCUT2D eigenvalue weighted by molar-refractivity contribution is 6.09. The van der Waals surface area contributed by atoms with Crippen LogP contribution in [0.3, 0.4) is 0 Å². The van der Waals surface area contributed by atoms with Crippen molar-refractivity contribution >= 4 is 28.4 Å². The van der Waals surface area contributed by atoms with Gasteiger partial charge in [-0.05, 0) is 30.3 Å². The Morgan fingerprint density at radius 2 is 1.68 bits per heavy atom. The molecule has 3 aromatic rings. The predicted octanol–water partition coefficient (Wildman–Crippen LogP) is 3.27. The maximum absolute atomic E-state index is 13.2. The number of hydrogen-bond donors (Lipinski definition) is 0. The van der Waals surface area contributed by atoms with Gasteiger partial charge in [0.1, 0.15) is 5.75 Å². The van der Waals surface area contributed by atoms with Crippen LogP contribution >= 0.6 is 0 Å². The third-order valence-electron chi connectivity index (χ3n) is 5.27. The number of carbonyl (C=O) groups excluding carboxylic acids is 2. The fourth-order valence-corrected chi connectivity index (χ4v) is 3.74. The van der Waals surface area contributed by atoms with Crippen molar-refractivity contribution in [3.63, 3.8) is 0 Å². The minimum atomic E-state index is -0.122. The van der Waals surface area contributed by atoms with Gasteiger partial charge in [0.2, 0.25) is 5.91 Å². The van der Waals surface area contributed by atoms with Crippen LogP contribution in [0.2, 0.25) is 0 Å². The Morgan fingerprint density at radius 1 is 0.964 bits per heavy atom. The molecule has 0 atom stereocenters. The fourth-order valence-electron chi connectivity index (χ4n) is 3.74. The van der Waals surface area contributed by atoms with Crippen molar-refractivity contribution in [3.8, 4) is 5.75 Å². The summed E-state index contributed by atoms with van der Waals surface area (Å²) < 4.78 is 6.84. The first-order valence-corrected chi connectivity index (χ1v) is 9.38. The second-order valence-corrected chi connectivity index (χ2v) is 6.93. The third-order valence-corrected chi connectivity index (χ3v) is 5.27. The molecule has 1 aliphatic rings. The number of benzene rings is 2. The number of aromatic nitrogens is 1. The van der Waals surface area contributed by atoms with Crippen molar-refractivity contribution in [1.82, 2.24) is 9.47 Å². The van der Waals surface area contributed by atoms with Gasteiger partial charge in [-0.3, -0.25) is 14.2 Å². The first-order valence-electron chi connectivity index (χ1n) is 9.38. The summed E-state index contributed by atoms with van der Waals surface area (Å²) in [5.41, 5.74) is 2.43. The summed E-state index contributed by atoms with van der Waals surface area (Å²) in [6.45, 7) is 4.35. The first kappa shape index (κ1) is 18.1. The highest BCUT2D eigenvalue weighted by atomic mass is 16.5. The van der Waals surface area contributed by atoms with Crippen LogP contribution in [-0.2, 0) is 0 Å². The molecule has 4 rings (SSSR count). The monoisotopic (exact) mass is 377 g/mol. The van der Waals surface area contributed by atoms with Crippen molar-refractivity contribution < 1.29 is 14.3 Å². The van der Waals surface area contributed by atoms with Crippen LogP contribution in [0.5, 0.6) is 5.75 Å². The molecule has 0 saturated carbocycles. The number of carbonyl (C=O) groups is 2. The van der Waals surface area contributed by atoms with Crippen molar-refractivity contribution in [3.05, 3.63) is 60.3 Å². The zero-order valence-corrected chi connectivity index (χ0v) is 16.1. The molecule has 0 N–H and O–H groups in total. The number of methoxy groups -OCH3 is 1. The second-order valence-electron chi connectivity index (χ2n) is 6.93. The van der Waals surface area contributed by atoms with E-state index in [2.05, 4.69) is 17.0 Å². The lowest BCUT2D eigenvalue weighted by molar-refractivity contribution is 0.0748. The van der Waals surface area contributed by atoms with E-state index in [1.54, 1.807) is 19.4 Å². The summed E-state index contributed by atoms with van der Waals surface area (Å²) >= 11 is 0. The van der Waals surface area contributed by atoms with Gasteiger partial charge < -0.3 is 14.5 Å². The van der Waals surface area contributed by atoms with Gasteiger partial charge in [0.15, 0.2) is 0 Å². The summed E-state index contributed by atoms with van der Waals surface area (Å²) in [7, 11) is 1.59. The topological polar surface area (TPSA) is 54.8 Å². The number of hydrogen-bond acceptors (Lipinski definition) is 4. The lowest BCUT2D eigenvalue weighted by Crippen LogP contribution is -2.48. The average molecular weight is 377 g/mol. The minimum Gasteiger partial charge on any atom is -0.497 e. The molecule has 144 valence electrons. The van der Waals surface area contributed by atoms with E-state index in [0.29, 0.717) is 24.4 Å². The van der Waals surface area contributed by atoms with Crippen LogP contribution in [0.4, 0.5) is 5.69 Å². The summed E-state index contributed by atoms with van der Waals surface area (Å²) in [6.07, 6.45) is 1.65. The van der Waals surface area contributed by atoms with E-state index in [9.17, 15) is 9.59 Å². The van der Waals surface area contributed by atoms with E-state index in [0.717, 1.165) is 24.0 Å². The molecule has 1 amide bonds. The third kappa shape index (κ3) is 3.22. The maximum Gasteiger partial charge on any atom is 0.256 e. The highest BCUT2D eigenvalue weighted by Gasteiger charge is 2.25. The van der Waals surface area contributed by atoms with Crippen molar-refractivity contribution in [2.24, 2.45) is 0 Å². The molecular weight excluding hydrogens is 354 g/mol. The van der Waals surface area contributed by atoms with Crippen LogP contribution in [-0.4, -0.2) is 54.6 Å². The molecule has 0 radical (unpaired) electrons. The lowest BCUT2D eigenvalue weighted by Gasteiger charge is -2.36. The summed E-state index contributed by atoms with van der Waals surface area (Å²) in [4.78, 5) is 29.4. The van der Waals surface area contributed by atoms with Crippen LogP contribution in [0, 0.1) is 0 Å². The zero-order chi connectivity index (χ0) is 19.7. The molecule has 6 heteroatoms. The molecule has 2 heterocycles. The normalized spacial score (nSPS) is 14.4. The molecule has 1 aliphatic heterocycles. The smallest absolute Gasteiger partial charge is 0.256 e. The fraction of sp³-hybridized carbons (Fsp3) is 0.273. The Hall–Kier alpha value is -3.28. The molecular formula is C22H23N3O3. The predicted molar refractivity (Wildman–Crippen MR) is 109 cm³/mol. The van der Waals surface area contributed by atoms with Gasteiger partial charge in [-0.1, -0.05) is 18.2 Å². The van der Waals surface area contributed by atoms with Gasteiger partial charge in [0.25, 0.3) is 5.91 Å². The Bertz CT molecular complexity index is 1020. The van der Waals surface area contributed by atoms with E-state index in [1.807, 2.05) is 35.2 Å². The minimum absolute atomic E-state index is 0.0500. The second kappa shape index (κ2) is 7.38. The standard InChI is InChI=1S/C22H23N3O3/c1-16(26)25-15-20(19-14-18(28-2)8-9-21(19)25)22(27)24-12-10-23(11-13-24)17-6-4-3-5-7-17/h3-9,14-15H,10-13H2,1-2H3. The molecule has 1 saturated heterocycles. The SMILES string of the molecule is COc1ccc2c(c1)c(C(=O)N1CCN(c3ccccc3)CC1)cn2C(C)=O. The molecule has 2 aromatic carbocycles. The van der Waals surface area contributed by atoms with Gasteiger partial charge in [0, 0.05) is 50.4 Å². The van der Waals surface area contributed by atoms with Gasteiger partial charge in [0.05, 0.1) is 18.2 Å². The highest BCUT2D eigenvalue weighted by Crippen LogP contribution is 2.28. The van der Waals surface area contributed by atoms with E-state index >= 15 is 0 Å². The van der Waals surface area contributed by atoms with Gasteiger partial charge in [-0.15, -0.1) is 0 Å². The van der Waals surface area contributed by atoms with Gasteiger partial charge in [-0.25, -0.2) is 0 Å². The number of nitrogens with zero attached hydrogens (tertiary/aromatic N) is 3. The molecule has 0 bridgehead atoms. The Morgan fingerprint density at radius 3 is 2.32 bits per heavy atom. The molecule has 0 spiro atoms. The maximum atomic E-state index is 13.2. The number of anilines is 1. The Balaban J connectivity index is 1.60. The number of fused-ring (bicyclic) bond motifs is 1. The van der Waals surface area contributed by atoms with Crippen LogP contribution in [0.15, 0.2) is 54.7 Å². The summed E-state index contributed by atoms with van der Waals surface area (Å²) in [5.74, 6) is 0.492. The molecule has 0 unspecified atom stereocenters. The molecule has 1 aromatic heterocycles. The van der Waals surface area contributed by atoms with Gasteiger partial charge in [-0.2, -0.15) is 0 Å². The number of rotatable bonds is 3. The van der Waals surface area contributed by atoms with Crippen molar-refractivity contribution in [2.45, 2.75) is 6.92 Å². The average Bonchev–Trinajstić information content (AvgIpc) is 3.13. The lowest BCUT2D eigenvalue weighted by atomic mass is 10.1. The Labute approximate surface area is 163 Å².